The molecule has 0 fully saturated rings. The molecule has 0 bridgehead atoms. The fourth-order valence-corrected chi connectivity index (χ4v) is 1.99. The highest BCUT2D eigenvalue weighted by Gasteiger charge is 2.14. The fourth-order valence-electron chi connectivity index (χ4n) is 1.99. The van der Waals surface area contributed by atoms with E-state index in [0.29, 0.717) is 16.7 Å². The van der Waals surface area contributed by atoms with Gasteiger partial charge in [-0.15, -0.1) is 6.01 Å². The highest BCUT2D eigenvalue weighted by Crippen LogP contribution is 2.19. The molecule has 4 nitrogen and oxygen atoms in total. The molecular formula is C17H13N2O2-. The molecule has 0 heterocycles. The lowest BCUT2D eigenvalue weighted by Crippen LogP contribution is -2.08. The van der Waals surface area contributed by atoms with Crippen LogP contribution >= 0.6 is 0 Å². The van der Waals surface area contributed by atoms with Crippen molar-refractivity contribution in [3.05, 3.63) is 76.7 Å². The number of amides is 1. The van der Waals surface area contributed by atoms with Crippen LogP contribution in [0.2, 0.25) is 0 Å². The van der Waals surface area contributed by atoms with Crippen LogP contribution in [-0.2, 0) is 4.79 Å². The van der Waals surface area contributed by atoms with Gasteiger partial charge in [0, 0.05) is 17.0 Å². The van der Waals surface area contributed by atoms with Crippen LogP contribution in [0.25, 0.3) is 5.41 Å². The quantitative estimate of drug-likeness (QED) is 0.635. The summed E-state index contributed by atoms with van der Waals surface area (Å²) >= 11 is 0. The Kier molecular flexibility index (Phi) is 4.54. The van der Waals surface area contributed by atoms with Crippen molar-refractivity contribution in [3.8, 4) is 0 Å². The molecule has 0 saturated heterocycles. The van der Waals surface area contributed by atoms with Gasteiger partial charge in [-0.25, -0.2) is 0 Å². The molecule has 0 aliphatic carbocycles. The van der Waals surface area contributed by atoms with Gasteiger partial charge in [0.05, 0.1) is 0 Å². The molecule has 2 aromatic carbocycles. The van der Waals surface area contributed by atoms with Crippen LogP contribution in [0.3, 0.4) is 0 Å². The number of hydrogen-bond donors (Lipinski definition) is 0. The third-order valence-electron chi connectivity index (χ3n) is 3.22. The van der Waals surface area contributed by atoms with Crippen molar-refractivity contribution in [3.63, 3.8) is 0 Å². The first-order valence-corrected chi connectivity index (χ1v) is 6.47. The lowest BCUT2D eigenvalue weighted by Gasteiger charge is -2.11. The van der Waals surface area contributed by atoms with Gasteiger partial charge in [-0.05, 0) is 11.6 Å². The minimum absolute atomic E-state index is 0.102. The summed E-state index contributed by atoms with van der Waals surface area (Å²) in [6.45, 7) is 1.66. The first-order valence-electron chi connectivity index (χ1n) is 6.47. The first-order chi connectivity index (χ1) is 10.1. The van der Waals surface area contributed by atoms with E-state index in [1.807, 2.05) is 6.07 Å². The topological polar surface area (TPSA) is 68.8 Å². The number of aliphatic imine (C=N–C) groups is 1. The minimum Gasteiger partial charge on any atom is -0.422 e. The summed E-state index contributed by atoms with van der Waals surface area (Å²) in [6.07, 6.45) is 0. The molecule has 0 aliphatic heterocycles. The summed E-state index contributed by atoms with van der Waals surface area (Å²) in [5.41, 5.74) is 1.77. The molecular weight excluding hydrogens is 264 g/mol. The Balaban J connectivity index is 2.32. The van der Waals surface area contributed by atoms with Gasteiger partial charge < -0.3 is 10.4 Å². The summed E-state index contributed by atoms with van der Waals surface area (Å²) in [6, 6.07) is 17.3. The standard InChI is InChI=1S/C17H13N2O2/c1-12(17(21)19-11-18)14-8-5-9-15(10-14)16(20)13-6-3-2-4-7-13/h2-10,12H,1H3/q-1. The van der Waals surface area contributed by atoms with Gasteiger partial charge in [0.1, 0.15) is 0 Å². The first kappa shape index (κ1) is 14.6. The van der Waals surface area contributed by atoms with Gasteiger partial charge >= 0.3 is 0 Å². The number of rotatable bonds is 4. The van der Waals surface area contributed by atoms with E-state index in [4.69, 9.17) is 5.41 Å². The minimum atomic E-state index is -0.548. The summed E-state index contributed by atoms with van der Waals surface area (Å²) < 4.78 is 0. The van der Waals surface area contributed by atoms with Crippen LogP contribution in [0.4, 0.5) is 0 Å². The average molecular weight is 277 g/mol. The SMILES string of the molecule is CC(C(=O)N=C=[N-])c1cccc(C(=O)c2ccccc2)c1. The molecule has 1 unspecified atom stereocenters. The van der Waals surface area contributed by atoms with Gasteiger partial charge in [0.25, 0.3) is 0 Å². The van der Waals surface area contributed by atoms with Crippen molar-refractivity contribution in [2.45, 2.75) is 12.8 Å². The molecule has 0 radical (unpaired) electrons. The number of carbonyl (C=O) groups is 2. The monoisotopic (exact) mass is 277 g/mol. The zero-order chi connectivity index (χ0) is 15.2. The van der Waals surface area contributed by atoms with Crippen molar-refractivity contribution in [2.75, 3.05) is 0 Å². The maximum absolute atomic E-state index is 12.4. The van der Waals surface area contributed by atoms with E-state index >= 15 is 0 Å². The van der Waals surface area contributed by atoms with E-state index in [-0.39, 0.29) is 5.78 Å². The van der Waals surface area contributed by atoms with Gasteiger partial charge in [-0.1, -0.05) is 55.5 Å². The Labute approximate surface area is 122 Å². The summed E-state index contributed by atoms with van der Waals surface area (Å²) in [5.74, 6) is -1.16. The number of carbonyl (C=O) groups excluding carboxylic acids is 2. The molecule has 0 spiro atoms. The second kappa shape index (κ2) is 6.55. The third-order valence-corrected chi connectivity index (χ3v) is 3.22. The molecule has 0 saturated carbocycles. The Bertz CT molecular complexity index is 717. The highest BCUT2D eigenvalue weighted by atomic mass is 16.1. The third kappa shape index (κ3) is 3.38. The number of benzene rings is 2. The summed E-state index contributed by atoms with van der Waals surface area (Å²) in [7, 11) is 0. The molecule has 4 heteroatoms. The lowest BCUT2D eigenvalue weighted by atomic mass is 9.95. The van der Waals surface area contributed by atoms with Crippen molar-refractivity contribution < 1.29 is 9.59 Å². The van der Waals surface area contributed by atoms with E-state index in [0.717, 1.165) is 0 Å². The molecule has 1 amide bonds. The fraction of sp³-hybridized carbons (Fsp3) is 0.118. The van der Waals surface area contributed by atoms with E-state index in [9.17, 15) is 9.59 Å². The molecule has 0 aliphatic rings. The molecule has 104 valence electrons. The van der Waals surface area contributed by atoms with Crippen LogP contribution in [0.1, 0.15) is 34.3 Å². The van der Waals surface area contributed by atoms with Gasteiger partial charge in [-0.2, -0.15) is 0 Å². The maximum atomic E-state index is 12.4. The predicted molar refractivity (Wildman–Crippen MR) is 80.5 cm³/mol. The Morgan fingerprint density at radius 1 is 1.05 bits per heavy atom. The molecule has 0 aromatic heterocycles. The van der Waals surface area contributed by atoms with Crippen molar-refractivity contribution in [1.82, 2.24) is 0 Å². The Morgan fingerprint density at radius 3 is 2.38 bits per heavy atom. The predicted octanol–water partition coefficient (Wildman–Crippen LogP) is 3.29. The van der Waals surface area contributed by atoms with Gasteiger partial charge in [0.15, 0.2) is 11.7 Å². The van der Waals surface area contributed by atoms with Crippen LogP contribution in [-0.4, -0.2) is 17.7 Å². The zero-order valence-corrected chi connectivity index (χ0v) is 11.5. The Hall–Kier alpha value is -2.84. The van der Waals surface area contributed by atoms with Crippen molar-refractivity contribution >= 4 is 17.7 Å². The zero-order valence-electron chi connectivity index (χ0n) is 11.5. The van der Waals surface area contributed by atoms with Crippen LogP contribution in [0.5, 0.6) is 0 Å². The van der Waals surface area contributed by atoms with E-state index in [1.165, 1.54) is 6.01 Å². The van der Waals surface area contributed by atoms with Crippen LogP contribution in [0.15, 0.2) is 59.6 Å². The summed E-state index contributed by atoms with van der Waals surface area (Å²) in [5, 5.41) is 8.43. The van der Waals surface area contributed by atoms with Crippen LogP contribution in [0, 0.1) is 0 Å². The lowest BCUT2D eigenvalue weighted by molar-refractivity contribution is -0.118. The average Bonchev–Trinajstić information content (AvgIpc) is 2.54. The highest BCUT2D eigenvalue weighted by molar-refractivity contribution is 6.09. The Morgan fingerprint density at radius 2 is 1.71 bits per heavy atom. The molecule has 1 atom stereocenters. The largest absolute Gasteiger partial charge is 0.422 e. The number of ketones is 1. The number of hydrogen-bond acceptors (Lipinski definition) is 2. The number of nitrogens with zero attached hydrogens (tertiary/aromatic N) is 2. The molecule has 21 heavy (non-hydrogen) atoms. The summed E-state index contributed by atoms with van der Waals surface area (Å²) in [4.78, 5) is 27.2. The van der Waals surface area contributed by atoms with Gasteiger partial charge in [-0.3, -0.25) is 9.59 Å². The van der Waals surface area contributed by atoms with Crippen LogP contribution < -0.4 is 0 Å². The van der Waals surface area contributed by atoms with E-state index < -0.39 is 11.8 Å². The van der Waals surface area contributed by atoms with Crippen molar-refractivity contribution in [1.29, 1.82) is 0 Å². The normalized spacial score (nSPS) is 11.3. The van der Waals surface area contributed by atoms with Gasteiger partial charge in [0.2, 0.25) is 0 Å². The van der Waals surface area contributed by atoms with Crippen molar-refractivity contribution in [2.24, 2.45) is 4.99 Å². The van der Waals surface area contributed by atoms with E-state index in [2.05, 4.69) is 4.99 Å². The molecule has 0 N–H and O–H groups in total. The second-order valence-electron chi connectivity index (χ2n) is 4.59. The van der Waals surface area contributed by atoms with E-state index in [1.54, 1.807) is 55.5 Å². The smallest absolute Gasteiger partial charge is 0.193 e. The maximum Gasteiger partial charge on any atom is 0.193 e. The second-order valence-corrected chi connectivity index (χ2v) is 4.59. The molecule has 2 rings (SSSR count). The molecule has 2 aromatic rings.